The summed E-state index contributed by atoms with van der Waals surface area (Å²) < 4.78 is 5.94. The van der Waals surface area contributed by atoms with Crippen molar-refractivity contribution in [1.82, 2.24) is 0 Å². The van der Waals surface area contributed by atoms with Crippen molar-refractivity contribution in [3.63, 3.8) is 0 Å². The Kier molecular flexibility index (Phi) is 5.83. The molecule has 0 heterocycles. The molecule has 35 heavy (non-hydrogen) atoms. The smallest absolute Gasteiger partial charge is 0.330 e. The van der Waals surface area contributed by atoms with Gasteiger partial charge in [-0.15, -0.1) is 0 Å². The molecule has 0 radical (unpaired) electrons. The van der Waals surface area contributed by atoms with Crippen LogP contribution in [0.4, 0.5) is 0 Å². The molecule has 0 aromatic carbocycles. The number of allylic oxidation sites excluding steroid dienone is 1. The second-order valence-electron chi connectivity index (χ2n) is 15.3. The zero-order valence-electron chi connectivity index (χ0n) is 23.8. The van der Waals surface area contributed by atoms with E-state index >= 15 is 0 Å². The van der Waals surface area contributed by atoms with Crippen molar-refractivity contribution in [2.75, 3.05) is 0 Å². The third-order valence-electron chi connectivity index (χ3n) is 13.8. The minimum Gasteiger partial charge on any atom is -0.459 e. The van der Waals surface area contributed by atoms with E-state index in [1.165, 1.54) is 69.4 Å². The van der Waals surface area contributed by atoms with E-state index < -0.39 is 0 Å². The minimum atomic E-state index is -0.255. The zero-order chi connectivity index (χ0) is 25.6. The molecule has 0 aromatic rings. The summed E-state index contributed by atoms with van der Waals surface area (Å²) in [6, 6.07) is 0. The fourth-order valence-corrected chi connectivity index (χ4v) is 11.9. The summed E-state index contributed by atoms with van der Waals surface area (Å²) in [5.41, 5.74) is 3.11. The molecule has 10 atom stereocenters. The highest BCUT2D eigenvalue weighted by Crippen LogP contribution is 2.77. The Hall–Kier alpha value is -1.05. The number of carbonyl (C=O) groups is 1. The maximum Gasteiger partial charge on any atom is 0.330 e. The standard InChI is InChI=1S/C33H52O2/c1-10-27(34)35-26-15-17-31(7)24(29(26,4)5)14-18-33(9)25(31)12-11-23-28-22(21(2)3)13-16-30(28,6)19-20-32(23,33)8/h10,22-26,28H,1-2,11-20H2,3-9H3/t22-,23+,24-,25+,26+,28+,30+,31-,32+,33+/m0/s1. The normalized spacial score (nSPS) is 52.3. The summed E-state index contributed by atoms with van der Waals surface area (Å²) in [7, 11) is 0. The van der Waals surface area contributed by atoms with E-state index in [1.54, 1.807) is 0 Å². The number of ether oxygens (including phenoxy) is 1. The van der Waals surface area contributed by atoms with Crippen LogP contribution in [-0.2, 0) is 9.53 Å². The molecule has 5 fully saturated rings. The number of hydrogen-bond donors (Lipinski definition) is 0. The lowest BCUT2D eigenvalue weighted by atomic mass is 9.32. The monoisotopic (exact) mass is 480 g/mol. The van der Waals surface area contributed by atoms with Crippen LogP contribution in [0.5, 0.6) is 0 Å². The Morgan fingerprint density at radius 1 is 0.829 bits per heavy atom. The lowest BCUT2D eigenvalue weighted by Gasteiger charge is -2.73. The summed E-state index contributed by atoms with van der Waals surface area (Å²) in [5.74, 6) is 3.50. The molecule has 5 saturated carbocycles. The molecule has 0 amide bonds. The first-order chi connectivity index (χ1) is 16.2. The van der Waals surface area contributed by atoms with Gasteiger partial charge in [-0.05, 0) is 122 Å². The van der Waals surface area contributed by atoms with Crippen molar-refractivity contribution in [1.29, 1.82) is 0 Å². The van der Waals surface area contributed by atoms with E-state index in [9.17, 15) is 4.79 Å². The molecule has 0 aliphatic heterocycles. The molecule has 0 N–H and O–H groups in total. The van der Waals surface area contributed by atoms with Gasteiger partial charge in [0.25, 0.3) is 0 Å². The molecule has 196 valence electrons. The van der Waals surface area contributed by atoms with Crippen LogP contribution in [-0.4, -0.2) is 12.1 Å². The number of fused-ring (bicyclic) bond motifs is 7. The molecule has 0 saturated heterocycles. The first-order valence-corrected chi connectivity index (χ1v) is 14.7. The third kappa shape index (κ3) is 3.29. The molecule has 5 rings (SSSR count). The molecule has 0 spiro atoms. The first-order valence-electron chi connectivity index (χ1n) is 14.7. The second-order valence-corrected chi connectivity index (χ2v) is 15.3. The van der Waals surface area contributed by atoms with Crippen LogP contribution in [0.1, 0.15) is 113 Å². The first kappa shape index (κ1) is 25.6. The Labute approximate surface area is 215 Å². The Morgan fingerprint density at radius 3 is 2.20 bits per heavy atom. The van der Waals surface area contributed by atoms with Crippen molar-refractivity contribution in [3.05, 3.63) is 24.8 Å². The quantitative estimate of drug-likeness (QED) is 0.229. The fraction of sp³-hybridized carbons (Fsp3) is 0.848. The SMILES string of the molecule is C=CC(=O)O[C@@H]1CC[C@]2(C)[C@H]3CC[C@@H]4[C@H]5[C@H](C(=C)C)CC[C@]5(C)CC[C@@]4(C)[C@]3(C)CC[C@H]2C1(C)C. The van der Waals surface area contributed by atoms with Gasteiger partial charge in [0.15, 0.2) is 0 Å². The van der Waals surface area contributed by atoms with E-state index in [2.05, 4.69) is 61.6 Å². The molecular weight excluding hydrogens is 428 g/mol. The van der Waals surface area contributed by atoms with Gasteiger partial charge in [0.2, 0.25) is 0 Å². The Balaban J connectivity index is 1.48. The topological polar surface area (TPSA) is 26.3 Å². The van der Waals surface area contributed by atoms with Gasteiger partial charge in [-0.2, -0.15) is 0 Å². The predicted octanol–water partition coefficient (Wildman–Crippen LogP) is 8.76. The highest BCUT2D eigenvalue weighted by atomic mass is 16.5. The number of hydrogen-bond acceptors (Lipinski definition) is 2. The number of carbonyl (C=O) groups excluding carboxylic acids is 1. The largest absolute Gasteiger partial charge is 0.459 e. The zero-order valence-corrected chi connectivity index (χ0v) is 23.8. The van der Waals surface area contributed by atoms with Gasteiger partial charge >= 0.3 is 5.97 Å². The van der Waals surface area contributed by atoms with Crippen molar-refractivity contribution < 1.29 is 9.53 Å². The van der Waals surface area contributed by atoms with Gasteiger partial charge in [0, 0.05) is 11.5 Å². The van der Waals surface area contributed by atoms with Crippen LogP contribution >= 0.6 is 0 Å². The van der Waals surface area contributed by atoms with Gasteiger partial charge < -0.3 is 4.74 Å². The van der Waals surface area contributed by atoms with E-state index in [4.69, 9.17) is 4.74 Å². The number of esters is 1. The predicted molar refractivity (Wildman–Crippen MR) is 145 cm³/mol. The third-order valence-corrected chi connectivity index (χ3v) is 13.8. The lowest BCUT2D eigenvalue weighted by Crippen LogP contribution is -2.66. The van der Waals surface area contributed by atoms with Crippen LogP contribution in [0.3, 0.4) is 0 Å². The van der Waals surface area contributed by atoms with Gasteiger partial charge in [0.1, 0.15) is 6.10 Å². The summed E-state index contributed by atoms with van der Waals surface area (Å²) in [5, 5.41) is 0. The van der Waals surface area contributed by atoms with Crippen molar-refractivity contribution in [3.8, 4) is 0 Å². The van der Waals surface area contributed by atoms with E-state index in [1.807, 2.05) is 0 Å². The highest BCUT2D eigenvalue weighted by molar-refractivity contribution is 5.81. The molecular formula is C33H52O2. The van der Waals surface area contributed by atoms with Crippen molar-refractivity contribution >= 4 is 5.97 Å². The maximum atomic E-state index is 12.1. The van der Waals surface area contributed by atoms with E-state index in [0.29, 0.717) is 27.6 Å². The van der Waals surface area contributed by atoms with E-state index in [0.717, 1.165) is 30.1 Å². The van der Waals surface area contributed by atoms with Crippen LogP contribution in [0.15, 0.2) is 24.8 Å². The number of rotatable bonds is 3. The molecule has 0 bridgehead atoms. The van der Waals surface area contributed by atoms with Crippen LogP contribution < -0.4 is 0 Å². The molecule has 0 aromatic heterocycles. The maximum absolute atomic E-state index is 12.1. The second kappa shape index (κ2) is 7.97. The van der Waals surface area contributed by atoms with Crippen LogP contribution in [0.25, 0.3) is 0 Å². The average molecular weight is 481 g/mol. The van der Waals surface area contributed by atoms with Crippen LogP contribution in [0.2, 0.25) is 0 Å². The Morgan fingerprint density at radius 2 is 1.54 bits per heavy atom. The van der Waals surface area contributed by atoms with Gasteiger partial charge in [-0.3, -0.25) is 0 Å². The molecule has 2 heteroatoms. The lowest BCUT2D eigenvalue weighted by molar-refractivity contribution is -0.248. The van der Waals surface area contributed by atoms with Gasteiger partial charge in [-0.25, -0.2) is 4.79 Å². The highest BCUT2D eigenvalue weighted by Gasteiger charge is 2.70. The Bertz CT molecular complexity index is 916. The molecule has 0 unspecified atom stereocenters. The summed E-state index contributed by atoms with van der Waals surface area (Å²) in [4.78, 5) is 12.1. The summed E-state index contributed by atoms with van der Waals surface area (Å²) in [6.07, 6.45) is 14.5. The van der Waals surface area contributed by atoms with Crippen molar-refractivity contribution in [2.24, 2.45) is 56.7 Å². The fourth-order valence-electron chi connectivity index (χ4n) is 11.9. The van der Waals surface area contributed by atoms with E-state index in [-0.39, 0.29) is 17.5 Å². The van der Waals surface area contributed by atoms with Gasteiger partial charge in [0.05, 0.1) is 0 Å². The molecule has 5 aliphatic carbocycles. The molecule has 5 aliphatic rings. The minimum absolute atomic E-state index is 0.00634. The molecule has 2 nitrogen and oxygen atoms in total. The average Bonchev–Trinajstić information content (AvgIpc) is 3.14. The van der Waals surface area contributed by atoms with Crippen LogP contribution in [0, 0.1) is 56.7 Å². The summed E-state index contributed by atoms with van der Waals surface area (Å²) >= 11 is 0. The van der Waals surface area contributed by atoms with Crippen molar-refractivity contribution in [2.45, 2.75) is 119 Å². The van der Waals surface area contributed by atoms with Gasteiger partial charge in [-0.1, -0.05) is 60.3 Å². The summed E-state index contributed by atoms with van der Waals surface area (Å²) in [6.45, 7) is 25.9.